The molecule has 1 aromatic carbocycles. The summed E-state index contributed by atoms with van der Waals surface area (Å²) in [6.07, 6.45) is 4.92. The van der Waals surface area contributed by atoms with Gasteiger partial charge in [-0.2, -0.15) is 0 Å². The van der Waals surface area contributed by atoms with Crippen LogP contribution in [0.1, 0.15) is 22.5 Å². The zero-order valence-corrected chi connectivity index (χ0v) is 19.4. The van der Waals surface area contributed by atoms with E-state index in [0.717, 1.165) is 48.0 Å². The molecule has 0 saturated carbocycles. The molecule has 0 atom stereocenters. The zero-order chi connectivity index (χ0) is 22.5. The predicted molar refractivity (Wildman–Crippen MR) is 127 cm³/mol. The van der Waals surface area contributed by atoms with Crippen LogP contribution in [0.4, 0.5) is 0 Å². The molecule has 0 spiro atoms. The summed E-state index contributed by atoms with van der Waals surface area (Å²) in [5.41, 5.74) is 2.69. The highest BCUT2D eigenvalue weighted by molar-refractivity contribution is 7.98. The lowest BCUT2D eigenvalue weighted by Crippen LogP contribution is -2.39. The van der Waals surface area contributed by atoms with Crippen molar-refractivity contribution in [2.24, 2.45) is 0 Å². The lowest BCUT2D eigenvalue weighted by molar-refractivity contribution is -0.129. The van der Waals surface area contributed by atoms with E-state index >= 15 is 0 Å². The monoisotopic (exact) mass is 451 g/mol. The predicted octanol–water partition coefficient (Wildman–Crippen LogP) is 2.86. The Morgan fingerprint density at radius 3 is 2.59 bits per heavy atom. The Morgan fingerprint density at radius 2 is 1.84 bits per heavy atom. The minimum atomic E-state index is 0.0580. The fourth-order valence-electron chi connectivity index (χ4n) is 3.76. The number of fused-ring (bicyclic) bond motifs is 1. The Bertz CT molecular complexity index is 1050. The third-order valence-corrected chi connectivity index (χ3v) is 6.68. The summed E-state index contributed by atoms with van der Waals surface area (Å²) in [7, 11) is 3.55. The SMILES string of the molecule is CN(C)C(=O)CN1CCCN(C(=O)c2ccc(SCc3cn4ccccc4n3)cc2)CC1. The summed E-state index contributed by atoms with van der Waals surface area (Å²) in [6, 6.07) is 13.8. The van der Waals surface area contributed by atoms with Gasteiger partial charge in [-0.1, -0.05) is 6.07 Å². The fourth-order valence-corrected chi connectivity index (χ4v) is 4.54. The summed E-state index contributed by atoms with van der Waals surface area (Å²) in [4.78, 5) is 36.4. The number of rotatable bonds is 6. The van der Waals surface area contributed by atoms with E-state index in [0.29, 0.717) is 18.7 Å². The average molecular weight is 452 g/mol. The van der Waals surface area contributed by atoms with Gasteiger partial charge in [0.25, 0.3) is 5.91 Å². The van der Waals surface area contributed by atoms with Crippen LogP contribution in [0.2, 0.25) is 0 Å². The smallest absolute Gasteiger partial charge is 0.253 e. The third-order valence-electron chi connectivity index (χ3n) is 5.64. The van der Waals surface area contributed by atoms with Crippen molar-refractivity contribution in [3.63, 3.8) is 0 Å². The van der Waals surface area contributed by atoms with Gasteiger partial charge in [0.15, 0.2) is 0 Å². The maximum absolute atomic E-state index is 13.0. The largest absolute Gasteiger partial charge is 0.348 e. The van der Waals surface area contributed by atoms with E-state index in [1.165, 1.54) is 0 Å². The number of hydrogen-bond acceptors (Lipinski definition) is 5. The molecule has 2 amide bonds. The third kappa shape index (κ3) is 5.49. The molecule has 1 aliphatic heterocycles. The Morgan fingerprint density at radius 1 is 1.03 bits per heavy atom. The molecule has 2 aromatic heterocycles. The van der Waals surface area contributed by atoms with Gasteiger partial charge >= 0.3 is 0 Å². The van der Waals surface area contributed by atoms with Crippen LogP contribution in [0.3, 0.4) is 0 Å². The quantitative estimate of drug-likeness (QED) is 0.540. The van der Waals surface area contributed by atoms with E-state index in [2.05, 4.69) is 16.1 Å². The van der Waals surface area contributed by atoms with Crippen LogP contribution in [0.5, 0.6) is 0 Å². The second-order valence-electron chi connectivity index (χ2n) is 8.22. The number of imidazole rings is 1. The van der Waals surface area contributed by atoms with Gasteiger partial charge in [-0.25, -0.2) is 4.98 Å². The van der Waals surface area contributed by atoms with E-state index in [9.17, 15) is 9.59 Å². The van der Waals surface area contributed by atoms with Crippen molar-refractivity contribution in [1.82, 2.24) is 24.1 Å². The van der Waals surface area contributed by atoms with Crippen LogP contribution in [0.25, 0.3) is 5.65 Å². The minimum Gasteiger partial charge on any atom is -0.348 e. The second kappa shape index (κ2) is 10.2. The van der Waals surface area contributed by atoms with Crippen molar-refractivity contribution in [3.05, 3.63) is 66.1 Å². The van der Waals surface area contributed by atoms with Crippen LogP contribution >= 0.6 is 11.8 Å². The Kier molecular flexibility index (Phi) is 7.12. The number of thioether (sulfide) groups is 1. The molecule has 1 saturated heterocycles. The lowest BCUT2D eigenvalue weighted by atomic mass is 10.2. The van der Waals surface area contributed by atoms with Crippen LogP contribution in [0.15, 0.2) is 59.8 Å². The van der Waals surface area contributed by atoms with E-state index < -0.39 is 0 Å². The molecule has 3 aromatic rings. The van der Waals surface area contributed by atoms with Gasteiger partial charge in [0.2, 0.25) is 5.91 Å². The molecule has 0 unspecified atom stereocenters. The van der Waals surface area contributed by atoms with Gasteiger partial charge in [-0.05, 0) is 42.8 Å². The summed E-state index contributed by atoms with van der Waals surface area (Å²) in [5.74, 6) is 0.937. The number of carbonyl (C=O) groups excluding carboxylic acids is 2. The number of pyridine rings is 1. The molecular weight excluding hydrogens is 422 g/mol. The topological polar surface area (TPSA) is 61.2 Å². The first-order valence-electron chi connectivity index (χ1n) is 10.9. The number of aromatic nitrogens is 2. The Balaban J connectivity index is 1.31. The van der Waals surface area contributed by atoms with E-state index in [1.54, 1.807) is 30.8 Å². The number of amides is 2. The van der Waals surface area contributed by atoms with Gasteiger partial charge in [-0.3, -0.25) is 14.5 Å². The first-order valence-corrected chi connectivity index (χ1v) is 11.9. The molecule has 8 heteroatoms. The molecule has 0 aliphatic carbocycles. The zero-order valence-electron chi connectivity index (χ0n) is 18.6. The number of hydrogen-bond donors (Lipinski definition) is 0. The minimum absolute atomic E-state index is 0.0580. The van der Waals surface area contributed by atoms with Gasteiger partial charge in [0.05, 0.1) is 12.2 Å². The van der Waals surface area contributed by atoms with Crippen molar-refractivity contribution in [1.29, 1.82) is 0 Å². The van der Waals surface area contributed by atoms with Gasteiger partial charge in [0.1, 0.15) is 5.65 Å². The van der Waals surface area contributed by atoms with E-state index in [-0.39, 0.29) is 11.8 Å². The number of carbonyl (C=O) groups is 2. The highest BCUT2D eigenvalue weighted by Crippen LogP contribution is 2.23. The van der Waals surface area contributed by atoms with Gasteiger partial charge in [0, 0.05) is 68.9 Å². The van der Waals surface area contributed by atoms with Crippen molar-refractivity contribution >= 4 is 29.2 Å². The van der Waals surface area contributed by atoms with Crippen LogP contribution in [-0.4, -0.2) is 82.7 Å². The standard InChI is InChI=1S/C24H29N5O2S/c1-26(2)23(30)17-27-11-5-13-28(15-14-27)24(31)19-7-9-21(10-8-19)32-18-20-16-29-12-4-3-6-22(29)25-20/h3-4,6-10,12,16H,5,11,13-15,17-18H2,1-2H3. The van der Waals surface area contributed by atoms with Crippen molar-refractivity contribution in [2.45, 2.75) is 17.1 Å². The summed E-state index contributed by atoms with van der Waals surface area (Å²) in [5, 5.41) is 0. The van der Waals surface area contributed by atoms with Crippen molar-refractivity contribution in [3.8, 4) is 0 Å². The molecule has 32 heavy (non-hydrogen) atoms. The first-order chi connectivity index (χ1) is 15.5. The summed E-state index contributed by atoms with van der Waals surface area (Å²) in [6.45, 7) is 3.33. The molecule has 7 nitrogen and oxygen atoms in total. The molecule has 0 bridgehead atoms. The van der Waals surface area contributed by atoms with Gasteiger partial charge in [-0.15, -0.1) is 11.8 Å². The number of benzene rings is 1. The number of nitrogens with zero attached hydrogens (tertiary/aromatic N) is 5. The molecule has 4 rings (SSSR count). The molecular formula is C24H29N5O2S. The summed E-state index contributed by atoms with van der Waals surface area (Å²) < 4.78 is 2.02. The fraction of sp³-hybridized carbons (Fsp3) is 0.375. The van der Waals surface area contributed by atoms with Crippen LogP contribution in [-0.2, 0) is 10.5 Å². The molecule has 1 aliphatic rings. The highest BCUT2D eigenvalue weighted by Gasteiger charge is 2.21. The Labute approximate surface area is 193 Å². The van der Waals surface area contributed by atoms with Crippen molar-refractivity contribution in [2.75, 3.05) is 46.8 Å². The number of likely N-dealkylation sites (N-methyl/N-ethyl adjacent to an activating group) is 1. The average Bonchev–Trinajstić information content (AvgIpc) is 3.08. The maximum Gasteiger partial charge on any atom is 0.253 e. The highest BCUT2D eigenvalue weighted by atomic mass is 32.2. The normalized spacial score (nSPS) is 15.0. The van der Waals surface area contributed by atoms with Crippen LogP contribution in [0, 0.1) is 0 Å². The van der Waals surface area contributed by atoms with Crippen LogP contribution < -0.4 is 0 Å². The van der Waals surface area contributed by atoms with E-state index in [4.69, 9.17) is 0 Å². The molecule has 0 radical (unpaired) electrons. The molecule has 0 N–H and O–H groups in total. The maximum atomic E-state index is 13.0. The van der Waals surface area contributed by atoms with E-state index in [1.807, 2.05) is 58.0 Å². The molecule has 1 fully saturated rings. The van der Waals surface area contributed by atoms with Crippen molar-refractivity contribution < 1.29 is 9.59 Å². The molecule has 168 valence electrons. The van der Waals surface area contributed by atoms with Gasteiger partial charge < -0.3 is 14.2 Å². The second-order valence-corrected chi connectivity index (χ2v) is 9.27. The lowest BCUT2D eigenvalue weighted by Gasteiger charge is -2.23. The Hall–Kier alpha value is -2.84. The summed E-state index contributed by atoms with van der Waals surface area (Å²) >= 11 is 1.71. The molecule has 3 heterocycles. The first kappa shape index (κ1) is 22.4.